The maximum Gasteiger partial charge on any atom is 0.0858 e. The van der Waals surface area contributed by atoms with Crippen molar-refractivity contribution in [2.45, 2.75) is 58.5 Å². The molecule has 1 aliphatic carbocycles. The van der Waals surface area contributed by atoms with Gasteiger partial charge in [-0.2, -0.15) is 0 Å². The van der Waals surface area contributed by atoms with Crippen LogP contribution in [0.3, 0.4) is 0 Å². The molecule has 2 nitrogen and oxygen atoms in total. The molecule has 20 heavy (non-hydrogen) atoms. The van der Waals surface area contributed by atoms with E-state index in [1.165, 1.54) is 18.4 Å². The highest BCUT2D eigenvalue weighted by Gasteiger charge is 2.40. The average Bonchev–Trinajstić information content (AvgIpc) is 2.48. The zero-order valence-electron chi connectivity index (χ0n) is 13.1. The summed E-state index contributed by atoms with van der Waals surface area (Å²) < 4.78 is 0. The van der Waals surface area contributed by atoms with Gasteiger partial charge in [0.25, 0.3) is 0 Å². The van der Waals surface area contributed by atoms with E-state index in [4.69, 9.17) is 5.73 Å². The number of hydrogen-bond acceptors (Lipinski definition) is 2. The number of benzene rings is 1. The third-order valence-corrected chi connectivity index (χ3v) is 5.18. The fourth-order valence-electron chi connectivity index (χ4n) is 3.34. The minimum Gasteiger partial charge on any atom is -0.388 e. The van der Waals surface area contributed by atoms with Crippen LogP contribution in [0.15, 0.2) is 24.3 Å². The Morgan fingerprint density at radius 1 is 1.15 bits per heavy atom. The molecule has 1 atom stereocenters. The SMILES string of the molecule is CC1CCC(CN)(C(O)c2ccc(C(C)C)cc2)CC1. The lowest BCUT2D eigenvalue weighted by atomic mass is 9.66. The van der Waals surface area contributed by atoms with Gasteiger partial charge in [0.05, 0.1) is 6.10 Å². The number of aliphatic hydroxyl groups excluding tert-OH is 1. The molecular formula is C18H29NO. The maximum absolute atomic E-state index is 10.8. The molecule has 1 aliphatic rings. The second kappa shape index (κ2) is 6.28. The molecule has 2 heteroatoms. The van der Waals surface area contributed by atoms with Gasteiger partial charge in [0.2, 0.25) is 0 Å². The summed E-state index contributed by atoms with van der Waals surface area (Å²) in [5.74, 6) is 1.30. The molecule has 112 valence electrons. The highest BCUT2D eigenvalue weighted by molar-refractivity contribution is 5.27. The van der Waals surface area contributed by atoms with E-state index in [1.807, 2.05) is 0 Å². The summed E-state index contributed by atoms with van der Waals surface area (Å²) in [6.07, 6.45) is 4.01. The highest BCUT2D eigenvalue weighted by atomic mass is 16.3. The molecule has 0 aromatic heterocycles. The van der Waals surface area contributed by atoms with Gasteiger partial charge >= 0.3 is 0 Å². The molecular weight excluding hydrogens is 246 g/mol. The zero-order chi connectivity index (χ0) is 14.8. The van der Waals surface area contributed by atoms with Gasteiger partial charge in [0, 0.05) is 12.0 Å². The number of aliphatic hydroxyl groups is 1. The van der Waals surface area contributed by atoms with Crippen LogP contribution in [0.2, 0.25) is 0 Å². The molecule has 0 saturated heterocycles. The summed E-state index contributed by atoms with van der Waals surface area (Å²) in [7, 11) is 0. The Bertz CT molecular complexity index is 416. The predicted octanol–water partition coefficient (Wildman–Crippen LogP) is 4.00. The van der Waals surface area contributed by atoms with Gasteiger partial charge in [0.1, 0.15) is 0 Å². The van der Waals surface area contributed by atoms with Crippen molar-refractivity contribution in [2.75, 3.05) is 6.54 Å². The van der Waals surface area contributed by atoms with Crippen molar-refractivity contribution in [3.8, 4) is 0 Å². The normalized spacial score (nSPS) is 28.6. The van der Waals surface area contributed by atoms with E-state index in [-0.39, 0.29) is 5.41 Å². The minimum absolute atomic E-state index is 0.119. The monoisotopic (exact) mass is 275 g/mol. The summed E-state index contributed by atoms with van der Waals surface area (Å²) in [4.78, 5) is 0. The molecule has 0 aliphatic heterocycles. The topological polar surface area (TPSA) is 46.2 Å². The molecule has 2 rings (SSSR count). The fourth-order valence-corrected chi connectivity index (χ4v) is 3.34. The van der Waals surface area contributed by atoms with Crippen LogP contribution in [-0.2, 0) is 0 Å². The first-order valence-corrected chi connectivity index (χ1v) is 7.96. The van der Waals surface area contributed by atoms with E-state index in [2.05, 4.69) is 45.0 Å². The van der Waals surface area contributed by atoms with Gasteiger partial charge in [-0.3, -0.25) is 0 Å². The molecule has 1 aromatic rings. The summed E-state index contributed by atoms with van der Waals surface area (Å²) in [5.41, 5.74) is 8.26. The molecule has 1 aromatic carbocycles. The van der Waals surface area contributed by atoms with Gasteiger partial charge in [-0.05, 0) is 35.8 Å². The van der Waals surface area contributed by atoms with Crippen molar-refractivity contribution in [2.24, 2.45) is 17.1 Å². The van der Waals surface area contributed by atoms with E-state index < -0.39 is 6.10 Å². The molecule has 1 unspecified atom stereocenters. The lowest BCUT2D eigenvalue weighted by molar-refractivity contribution is -0.00819. The Morgan fingerprint density at radius 2 is 1.65 bits per heavy atom. The number of nitrogens with two attached hydrogens (primary N) is 1. The van der Waals surface area contributed by atoms with Crippen LogP contribution in [0.5, 0.6) is 0 Å². The Kier molecular flexibility index (Phi) is 4.87. The maximum atomic E-state index is 10.8. The molecule has 0 bridgehead atoms. The molecule has 0 heterocycles. The Morgan fingerprint density at radius 3 is 2.10 bits per heavy atom. The van der Waals surface area contributed by atoms with Gasteiger partial charge in [-0.15, -0.1) is 0 Å². The second-order valence-corrected chi connectivity index (χ2v) is 6.97. The smallest absolute Gasteiger partial charge is 0.0858 e. The molecule has 1 fully saturated rings. The molecule has 0 amide bonds. The lowest BCUT2D eigenvalue weighted by Crippen LogP contribution is -2.39. The molecule has 3 N–H and O–H groups in total. The first-order chi connectivity index (χ1) is 9.48. The van der Waals surface area contributed by atoms with Gasteiger partial charge in [-0.25, -0.2) is 0 Å². The molecule has 0 radical (unpaired) electrons. The van der Waals surface area contributed by atoms with Crippen LogP contribution in [0, 0.1) is 11.3 Å². The van der Waals surface area contributed by atoms with Crippen molar-refractivity contribution < 1.29 is 5.11 Å². The third-order valence-electron chi connectivity index (χ3n) is 5.18. The Hall–Kier alpha value is -0.860. The molecule has 0 spiro atoms. The van der Waals surface area contributed by atoms with Crippen molar-refractivity contribution in [1.29, 1.82) is 0 Å². The first-order valence-electron chi connectivity index (χ1n) is 7.96. The summed E-state index contributed by atoms with van der Waals surface area (Å²) in [6, 6.07) is 8.43. The van der Waals surface area contributed by atoms with Crippen LogP contribution in [0.25, 0.3) is 0 Å². The zero-order valence-corrected chi connectivity index (χ0v) is 13.1. The van der Waals surface area contributed by atoms with Crippen LogP contribution in [-0.4, -0.2) is 11.7 Å². The largest absolute Gasteiger partial charge is 0.388 e. The van der Waals surface area contributed by atoms with Gasteiger partial charge in [-0.1, -0.05) is 57.9 Å². The quantitative estimate of drug-likeness (QED) is 0.872. The standard InChI is InChI=1S/C18H29NO/c1-13(2)15-4-6-16(7-5-15)17(20)18(12-19)10-8-14(3)9-11-18/h4-7,13-14,17,20H,8-12,19H2,1-3H3. The van der Waals surface area contributed by atoms with Crippen molar-refractivity contribution in [3.05, 3.63) is 35.4 Å². The minimum atomic E-state index is -0.429. The van der Waals surface area contributed by atoms with Crippen molar-refractivity contribution in [1.82, 2.24) is 0 Å². The number of rotatable bonds is 4. The van der Waals surface area contributed by atoms with E-state index in [0.29, 0.717) is 12.5 Å². The van der Waals surface area contributed by atoms with Crippen LogP contribution < -0.4 is 5.73 Å². The summed E-state index contributed by atoms with van der Waals surface area (Å²) in [5, 5.41) is 10.8. The van der Waals surface area contributed by atoms with Crippen LogP contribution in [0.4, 0.5) is 0 Å². The summed E-state index contributed by atoms with van der Waals surface area (Å²) in [6.45, 7) is 7.25. The molecule has 1 saturated carbocycles. The summed E-state index contributed by atoms with van der Waals surface area (Å²) >= 11 is 0. The number of hydrogen-bond donors (Lipinski definition) is 2. The van der Waals surface area contributed by atoms with E-state index in [0.717, 1.165) is 24.3 Å². The predicted molar refractivity (Wildman–Crippen MR) is 84.6 cm³/mol. The van der Waals surface area contributed by atoms with E-state index >= 15 is 0 Å². The Balaban J connectivity index is 2.17. The van der Waals surface area contributed by atoms with Crippen molar-refractivity contribution >= 4 is 0 Å². The lowest BCUT2D eigenvalue weighted by Gasteiger charge is -2.42. The highest BCUT2D eigenvalue weighted by Crippen LogP contribution is 2.46. The van der Waals surface area contributed by atoms with Crippen LogP contribution in [0.1, 0.15) is 69.6 Å². The van der Waals surface area contributed by atoms with Crippen molar-refractivity contribution in [3.63, 3.8) is 0 Å². The van der Waals surface area contributed by atoms with Gasteiger partial charge in [0.15, 0.2) is 0 Å². The van der Waals surface area contributed by atoms with Gasteiger partial charge < -0.3 is 10.8 Å². The first kappa shape index (κ1) is 15.5. The van der Waals surface area contributed by atoms with Crippen LogP contribution >= 0.6 is 0 Å². The Labute approximate surface area is 123 Å². The third kappa shape index (κ3) is 3.07. The van der Waals surface area contributed by atoms with E-state index in [9.17, 15) is 5.11 Å². The van der Waals surface area contributed by atoms with E-state index in [1.54, 1.807) is 0 Å². The average molecular weight is 275 g/mol. The fraction of sp³-hybridized carbons (Fsp3) is 0.667. The second-order valence-electron chi connectivity index (χ2n) is 6.97.